The zero-order chi connectivity index (χ0) is 14.7. The largest absolute Gasteiger partial charge is 0.507 e. The monoisotopic (exact) mass is 270 g/mol. The first-order valence-electron chi connectivity index (χ1n) is 6.78. The van der Waals surface area contributed by atoms with E-state index < -0.39 is 0 Å². The number of para-hydroxylation sites is 1. The summed E-state index contributed by atoms with van der Waals surface area (Å²) in [6.07, 6.45) is 0. The molecular formula is C17H22N2O. The number of rotatable bonds is 4. The zero-order valence-corrected chi connectivity index (χ0v) is 12.6. The Morgan fingerprint density at radius 1 is 1.05 bits per heavy atom. The molecule has 3 heteroatoms. The molecule has 0 amide bonds. The molecule has 0 radical (unpaired) electrons. The van der Waals surface area contributed by atoms with Crippen LogP contribution < -0.4 is 10.2 Å². The molecule has 2 aromatic carbocycles. The number of phenolic OH excluding ortho intramolecular Hbond substituents is 1. The van der Waals surface area contributed by atoms with Crippen molar-refractivity contribution in [3.8, 4) is 5.75 Å². The van der Waals surface area contributed by atoms with E-state index in [1.807, 2.05) is 39.2 Å². The summed E-state index contributed by atoms with van der Waals surface area (Å²) in [5, 5.41) is 13.4. The number of nitrogens with one attached hydrogen (secondary N) is 1. The van der Waals surface area contributed by atoms with Gasteiger partial charge < -0.3 is 15.3 Å². The molecule has 106 valence electrons. The van der Waals surface area contributed by atoms with Crippen LogP contribution in [-0.4, -0.2) is 19.2 Å². The summed E-state index contributed by atoms with van der Waals surface area (Å²) in [4.78, 5) is 2.09. The standard InChI is InChI=1S/C17H22N2O/c1-12-6-5-7-14(17(12)20)11-18-16-9-8-15(19(3)4)10-13(16)2/h5-10,18,20H,11H2,1-4H3. The van der Waals surface area contributed by atoms with Gasteiger partial charge in [0.05, 0.1) is 0 Å². The molecule has 2 aromatic rings. The summed E-state index contributed by atoms with van der Waals surface area (Å²) in [5.41, 5.74) is 5.30. The fourth-order valence-electron chi connectivity index (χ4n) is 2.18. The predicted molar refractivity (Wildman–Crippen MR) is 85.7 cm³/mol. The van der Waals surface area contributed by atoms with E-state index in [1.54, 1.807) is 0 Å². The van der Waals surface area contributed by atoms with Crippen LogP contribution in [0.1, 0.15) is 16.7 Å². The lowest BCUT2D eigenvalue weighted by atomic mass is 10.1. The second-order valence-corrected chi connectivity index (χ2v) is 5.33. The smallest absolute Gasteiger partial charge is 0.123 e. The maximum atomic E-state index is 10.0. The van der Waals surface area contributed by atoms with Crippen molar-refractivity contribution in [2.75, 3.05) is 24.3 Å². The van der Waals surface area contributed by atoms with Gasteiger partial charge in [-0.3, -0.25) is 0 Å². The second-order valence-electron chi connectivity index (χ2n) is 5.33. The molecule has 0 aliphatic rings. The maximum Gasteiger partial charge on any atom is 0.123 e. The van der Waals surface area contributed by atoms with Crippen molar-refractivity contribution in [1.29, 1.82) is 0 Å². The summed E-state index contributed by atoms with van der Waals surface area (Å²) in [5.74, 6) is 0.377. The van der Waals surface area contributed by atoms with Crippen LogP contribution in [0.3, 0.4) is 0 Å². The third-order valence-electron chi connectivity index (χ3n) is 3.52. The number of aryl methyl sites for hydroxylation is 2. The normalized spacial score (nSPS) is 10.4. The van der Waals surface area contributed by atoms with Crippen LogP contribution in [0.25, 0.3) is 0 Å². The Labute approximate surface area is 120 Å². The van der Waals surface area contributed by atoms with E-state index in [0.29, 0.717) is 12.3 Å². The fraction of sp³-hybridized carbons (Fsp3) is 0.294. The molecule has 0 bridgehead atoms. The van der Waals surface area contributed by atoms with Crippen LogP contribution in [-0.2, 0) is 6.54 Å². The topological polar surface area (TPSA) is 35.5 Å². The minimum absolute atomic E-state index is 0.377. The van der Waals surface area contributed by atoms with E-state index in [4.69, 9.17) is 0 Å². The van der Waals surface area contributed by atoms with Gasteiger partial charge in [-0.15, -0.1) is 0 Å². The maximum absolute atomic E-state index is 10.0. The van der Waals surface area contributed by atoms with E-state index in [-0.39, 0.29) is 0 Å². The minimum Gasteiger partial charge on any atom is -0.507 e. The molecular weight excluding hydrogens is 248 g/mol. The quantitative estimate of drug-likeness (QED) is 0.889. The summed E-state index contributed by atoms with van der Waals surface area (Å²) >= 11 is 0. The van der Waals surface area contributed by atoms with Gasteiger partial charge in [0.25, 0.3) is 0 Å². The summed E-state index contributed by atoms with van der Waals surface area (Å²) in [6.45, 7) is 4.62. The molecule has 0 saturated heterocycles. The Hall–Kier alpha value is -2.16. The van der Waals surface area contributed by atoms with Crippen LogP contribution in [0.4, 0.5) is 11.4 Å². The number of aromatic hydroxyl groups is 1. The first-order chi connectivity index (χ1) is 9.49. The summed E-state index contributed by atoms with van der Waals surface area (Å²) < 4.78 is 0. The summed E-state index contributed by atoms with van der Waals surface area (Å²) in [6, 6.07) is 12.1. The van der Waals surface area contributed by atoms with E-state index in [2.05, 4.69) is 35.3 Å². The van der Waals surface area contributed by atoms with Crippen molar-refractivity contribution in [3.05, 3.63) is 53.1 Å². The minimum atomic E-state index is 0.377. The van der Waals surface area contributed by atoms with Gasteiger partial charge in [-0.1, -0.05) is 18.2 Å². The molecule has 0 saturated carbocycles. The molecule has 0 aromatic heterocycles. The highest BCUT2D eigenvalue weighted by molar-refractivity contribution is 5.60. The molecule has 2 rings (SSSR count). The van der Waals surface area contributed by atoms with Gasteiger partial charge in [-0.2, -0.15) is 0 Å². The van der Waals surface area contributed by atoms with Gasteiger partial charge in [0.1, 0.15) is 5.75 Å². The Morgan fingerprint density at radius 3 is 2.45 bits per heavy atom. The van der Waals surface area contributed by atoms with Crippen LogP contribution >= 0.6 is 0 Å². The number of hydrogen-bond donors (Lipinski definition) is 2. The third-order valence-corrected chi connectivity index (χ3v) is 3.52. The Kier molecular flexibility index (Phi) is 4.18. The van der Waals surface area contributed by atoms with Crippen molar-refractivity contribution in [2.45, 2.75) is 20.4 Å². The van der Waals surface area contributed by atoms with Crippen LogP contribution in [0.2, 0.25) is 0 Å². The molecule has 20 heavy (non-hydrogen) atoms. The van der Waals surface area contributed by atoms with Gasteiger partial charge in [-0.05, 0) is 43.2 Å². The van der Waals surface area contributed by atoms with Crippen molar-refractivity contribution in [3.63, 3.8) is 0 Å². The van der Waals surface area contributed by atoms with Gasteiger partial charge >= 0.3 is 0 Å². The lowest BCUT2D eigenvalue weighted by molar-refractivity contribution is 0.465. The number of nitrogens with zero attached hydrogens (tertiary/aromatic N) is 1. The fourth-order valence-corrected chi connectivity index (χ4v) is 2.18. The Bertz CT molecular complexity index is 606. The van der Waals surface area contributed by atoms with Gasteiger partial charge in [0.15, 0.2) is 0 Å². The second kappa shape index (κ2) is 5.87. The number of hydrogen-bond acceptors (Lipinski definition) is 3. The Morgan fingerprint density at radius 2 is 1.80 bits per heavy atom. The summed E-state index contributed by atoms with van der Waals surface area (Å²) in [7, 11) is 4.07. The SMILES string of the molecule is Cc1cc(N(C)C)ccc1NCc1cccc(C)c1O. The highest BCUT2D eigenvalue weighted by Gasteiger charge is 2.05. The average Bonchev–Trinajstić information content (AvgIpc) is 2.41. The number of anilines is 2. The highest BCUT2D eigenvalue weighted by atomic mass is 16.3. The molecule has 0 fully saturated rings. The van der Waals surface area contributed by atoms with Crippen LogP contribution in [0, 0.1) is 13.8 Å². The van der Waals surface area contributed by atoms with E-state index in [1.165, 1.54) is 11.3 Å². The molecule has 0 unspecified atom stereocenters. The van der Waals surface area contributed by atoms with E-state index >= 15 is 0 Å². The lowest BCUT2D eigenvalue weighted by Gasteiger charge is -2.16. The first-order valence-corrected chi connectivity index (χ1v) is 6.78. The molecule has 2 N–H and O–H groups in total. The van der Waals surface area contributed by atoms with Gasteiger partial charge in [0, 0.05) is 37.6 Å². The average molecular weight is 270 g/mol. The molecule has 0 heterocycles. The van der Waals surface area contributed by atoms with E-state index in [0.717, 1.165) is 16.8 Å². The van der Waals surface area contributed by atoms with E-state index in [9.17, 15) is 5.11 Å². The molecule has 3 nitrogen and oxygen atoms in total. The number of benzene rings is 2. The highest BCUT2D eigenvalue weighted by Crippen LogP contribution is 2.25. The predicted octanol–water partition coefficient (Wildman–Crippen LogP) is 3.69. The van der Waals surface area contributed by atoms with Gasteiger partial charge in [-0.25, -0.2) is 0 Å². The molecule has 0 aliphatic carbocycles. The molecule has 0 atom stereocenters. The van der Waals surface area contributed by atoms with Crippen molar-refractivity contribution < 1.29 is 5.11 Å². The lowest BCUT2D eigenvalue weighted by Crippen LogP contribution is -2.09. The molecule has 0 aliphatic heterocycles. The van der Waals surface area contributed by atoms with Crippen molar-refractivity contribution in [2.24, 2.45) is 0 Å². The number of phenols is 1. The van der Waals surface area contributed by atoms with Crippen LogP contribution in [0.15, 0.2) is 36.4 Å². The Balaban J connectivity index is 2.13. The van der Waals surface area contributed by atoms with Crippen molar-refractivity contribution >= 4 is 11.4 Å². The molecule has 0 spiro atoms. The third kappa shape index (κ3) is 3.05. The van der Waals surface area contributed by atoms with Crippen LogP contribution in [0.5, 0.6) is 5.75 Å². The van der Waals surface area contributed by atoms with Gasteiger partial charge in [0.2, 0.25) is 0 Å². The zero-order valence-electron chi connectivity index (χ0n) is 12.6. The van der Waals surface area contributed by atoms with Crippen molar-refractivity contribution in [1.82, 2.24) is 0 Å². The first kappa shape index (κ1) is 14.3.